The molecule has 2 amide bonds. The first-order valence-corrected chi connectivity index (χ1v) is 5.89. The Hall–Kier alpha value is -1.88. The Kier molecular flexibility index (Phi) is 5.32. The van der Waals surface area contributed by atoms with Crippen molar-refractivity contribution in [3.8, 4) is 0 Å². The van der Waals surface area contributed by atoms with E-state index in [1.807, 2.05) is 31.2 Å². The van der Waals surface area contributed by atoms with Crippen LogP contribution in [-0.4, -0.2) is 18.4 Å². The average Bonchev–Trinajstić information content (AvgIpc) is 2.34. The van der Waals surface area contributed by atoms with Crippen molar-refractivity contribution < 1.29 is 9.59 Å². The van der Waals surface area contributed by atoms with E-state index < -0.39 is 6.04 Å². The van der Waals surface area contributed by atoms with Gasteiger partial charge >= 0.3 is 0 Å². The van der Waals surface area contributed by atoms with Gasteiger partial charge in [-0.25, -0.2) is 0 Å². The molecule has 0 saturated heterocycles. The summed E-state index contributed by atoms with van der Waals surface area (Å²) in [5, 5.41) is 2.68. The highest BCUT2D eigenvalue weighted by Gasteiger charge is 2.14. The summed E-state index contributed by atoms with van der Waals surface area (Å²) in [6, 6.07) is 6.82. The number of primary amides is 1. The van der Waals surface area contributed by atoms with E-state index >= 15 is 0 Å². The smallest absolute Gasteiger partial charge is 0.241 e. The molecule has 18 heavy (non-hydrogen) atoms. The number of carbonyl (C=O) groups is 2. The highest BCUT2D eigenvalue weighted by Crippen LogP contribution is 2.11. The minimum atomic E-state index is -0.681. The third-order valence-electron chi connectivity index (χ3n) is 2.62. The third-order valence-corrected chi connectivity index (χ3v) is 2.62. The predicted molar refractivity (Wildman–Crippen MR) is 69.5 cm³/mol. The van der Waals surface area contributed by atoms with E-state index in [9.17, 15) is 9.59 Å². The first kappa shape index (κ1) is 14.2. The first-order valence-electron chi connectivity index (χ1n) is 5.89. The maximum Gasteiger partial charge on any atom is 0.241 e. The van der Waals surface area contributed by atoms with E-state index in [1.165, 1.54) is 0 Å². The molecule has 1 aromatic carbocycles. The quantitative estimate of drug-likeness (QED) is 0.635. The fourth-order valence-electron chi connectivity index (χ4n) is 1.51. The topological polar surface area (TPSA) is 98.2 Å². The van der Waals surface area contributed by atoms with Crippen molar-refractivity contribution in [2.45, 2.75) is 25.8 Å². The molecular formula is C13H19N3O2. The lowest BCUT2D eigenvalue weighted by Gasteiger charge is -2.12. The minimum absolute atomic E-state index is 0.247. The van der Waals surface area contributed by atoms with Gasteiger partial charge in [-0.2, -0.15) is 0 Å². The van der Waals surface area contributed by atoms with Crippen LogP contribution in [0.5, 0.6) is 0 Å². The number of amides is 2. The second kappa shape index (κ2) is 6.76. The number of benzene rings is 1. The summed E-state index contributed by atoms with van der Waals surface area (Å²) in [6.07, 6.45) is 0.793. The number of nitrogens with two attached hydrogens (primary N) is 2. The molecular weight excluding hydrogens is 230 g/mol. The number of carbonyl (C=O) groups excluding carboxylic acids is 2. The van der Waals surface area contributed by atoms with Crippen LogP contribution >= 0.6 is 0 Å². The van der Waals surface area contributed by atoms with Gasteiger partial charge in [0, 0.05) is 13.0 Å². The Balaban J connectivity index is 2.41. The van der Waals surface area contributed by atoms with Crippen LogP contribution in [0.2, 0.25) is 0 Å². The van der Waals surface area contributed by atoms with E-state index in [2.05, 4.69) is 5.32 Å². The Morgan fingerprint density at radius 3 is 2.44 bits per heavy atom. The van der Waals surface area contributed by atoms with Crippen molar-refractivity contribution in [3.05, 3.63) is 35.4 Å². The van der Waals surface area contributed by atoms with Gasteiger partial charge in [0.15, 0.2) is 0 Å². The molecule has 0 bridgehead atoms. The Morgan fingerprint density at radius 1 is 1.28 bits per heavy atom. The van der Waals surface area contributed by atoms with Gasteiger partial charge in [-0.1, -0.05) is 29.8 Å². The zero-order valence-corrected chi connectivity index (χ0v) is 10.5. The van der Waals surface area contributed by atoms with Gasteiger partial charge in [-0.05, 0) is 18.9 Å². The summed E-state index contributed by atoms with van der Waals surface area (Å²) >= 11 is 0. The summed E-state index contributed by atoms with van der Waals surface area (Å²) in [5.41, 5.74) is 12.7. The minimum Gasteiger partial charge on any atom is -0.370 e. The van der Waals surface area contributed by atoms with E-state index in [0.717, 1.165) is 11.1 Å². The van der Waals surface area contributed by atoms with E-state index in [0.29, 0.717) is 13.0 Å². The van der Waals surface area contributed by atoms with Crippen LogP contribution < -0.4 is 16.8 Å². The molecule has 0 aliphatic heterocycles. The van der Waals surface area contributed by atoms with Gasteiger partial charge in [0.1, 0.15) is 6.04 Å². The molecule has 0 heterocycles. The highest BCUT2D eigenvalue weighted by molar-refractivity contribution is 5.83. The maximum atomic E-state index is 11.7. The zero-order valence-electron chi connectivity index (χ0n) is 10.5. The molecule has 5 heteroatoms. The second-order valence-electron chi connectivity index (χ2n) is 4.25. The van der Waals surface area contributed by atoms with Gasteiger partial charge in [0.2, 0.25) is 11.8 Å². The molecule has 0 saturated carbocycles. The van der Waals surface area contributed by atoms with Crippen LogP contribution in [0.1, 0.15) is 30.0 Å². The van der Waals surface area contributed by atoms with Crippen molar-refractivity contribution in [1.82, 2.24) is 5.32 Å². The summed E-state index contributed by atoms with van der Waals surface area (Å²) < 4.78 is 0. The summed E-state index contributed by atoms with van der Waals surface area (Å²) in [4.78, 5) is 22.2. The largest absolute Gasteiger partial charge is 0.370 e. The van der Waals surface area contributed by atoms with Crippen LogP contribution in [-0.2, 0) is 9.59 Å². The van der Waals surface area contributed by atoms with Crippen LogP contribution in [0.15, 0.2) is 24.3 Å². The molecule has 1 rings (SSSR count). The first-order chi connectivity index (χ1) is 8.50. The highest BCUT2D eigenvalue weighted by atomic mass is 16.2. The lowest BCUT2D eigenvalue weighted by Crippen LogP contribution is -2.34. The number of rotatable bonds is 6. The standard InChI is InChI=1S/C13H19N3O2/c1-9-4-6-10(7-5-9)12(15)13(18)16-8-2-3-11(14)17/h4-7,12H,2-3,8,15H2,1H3,(H2,14,17)(H,16,18). The van der Waals surface area contributed by atoms with Gasteiger partial charge in [-0.15, -0.1) is 0 Å². The third kappa shape index (κ3) is 4.55. The molecule has 5 nitrogen and oxygen atoms in total. The van der Waals surface area contributed by atoms with E-state index in [-0.39, 0.29) is 18.2 Å². The molecule has 0 fully saturated rings. The summed E-state index contributed by atoms with van der Waals surface area (Å²) in [5.74, 6) is -0.615. The predicted octanol–water partition coefficient (Wildman–Crippen LogP) is 0.377. The van der Waals surface area contributed by atoms with E-state index in [4.69, 9.17) is 11.5 Å². The molecule has 5 N–H and O–H groups in total. The van der Waals surface area contributed by atoms with Crippen molar-refractivity contribution in [1.29, 1.82) is 0 Å². The Bertz CT molecular complexity index is 415. The SMILES string of the molecule is Cc1ccc(C(N)C(=O)NCCCC(N)=O)cc1. The van der Waals surface area contributed by atoms with Crippen LogP contribution in [0.3, 0.4) is 0 Å². The van der Waals surface area contributed by atoms with Crippen molar-refractivity contribution in [3.63, 3.8) is 0 Å². The molecule has 98 valence electrons. The van der Waals surface area contributed by atoms with Crippen LogP contribution in [0.25, 0.3) is 0 Å². The normalized spacial score (nSPS) is 11.9. The molecule has 1 aromatic rings. The zero-order chi connectivity index (χ0) is 13.5. The Labute approximate surface area is 107 Å². The summed E-state index contributed by atoms with van der Waals surface area (Å²) in [6.45, 7) is 2.38. The number of hydrogen-bond donors (Lipinski definition) is 3. The van der Waals surface area contributed by atoms with Gasteiger partial charge < -0.3 is 16.8 Å². The maximum absolute atomic E-state index is 11.7. The molecule has 1 unspecified atom stereocenters. The number of hydrogen-bond acceptors (Lipinski definition) is 3. The lowest BCUT2D eigenvalue weighted by atomic mass is 10.1. The second-order valence-corrected chi connectivity index (χ2v) is 4.25. The van der Waals surface area contributed by atoms with Gasteiger partial charge in [-0.3, -0.25) is 9.59 Å². The van der Waals surface area contributed by atoms with Crippen LogP contribution in [0, 0.1) is 6.92 Å². The van der Waals surface area contributed by atoms with Crippen molar-refractivity contribution in [2.24, 2.45) is 11.5 Å². The van der Waals surface area contributed by atoms with Gasteiger partial charge in [0.25, 0.3) is 0 Å². The monoisotopic (exact) mass is 249 g/mol. The number of aryl methyl sites for hydroxylation is 1. The van der Waals surface area contributed by atoms with Crippen molar-refractivity contribution in [2.75, 3.05) is 6.54 Å². The average molecular weight is 249 g/mol. The summed E-state index contributed by atoms with van der Waals surface area (Å²) in [7, 11) is 0. The van der Waals surface area contributed by atoms with E-state index in [1.54, 1.807) is 0 Å². The van der Waals surface area contributed by atoms with Crippen molar-refractivity contribution >= 4 is 11.8 Å². The number of nitrogens with one attached hydrogen (secondary N) is 1. The fraction of sp³-hybridized carbons (Fsp3) is 0.385. The van der Waals surface area contributed by atoms with Gasteiger partial charge in [0.05, 0.1) is 0 Å². The molecule has 0 aliphatic carbocycles. The lowest BCUT2D eigenvalue weighted by molar-refractivity contribution is -0.123. The molecule has 0 aliphatic rings. The van der Waals surface area contributed by atoms with Crippen LogP contribution in [0.4, 0.5) is 0 Å². The molecule has 0 spiro atoms. The fourth-order valence-corrected chi connectivity index (χ4v) is 1.51. The molecule has 0 radical (unpaired) electrons. The molecule has 1 atom stereocenters. The molecule has 0 aromatic heterocycles. The Morgan fingerprint density at radius 2 is 1.89 bits per heavy atom.